The van der Waals surface area contributed by atoms with Crippen molar-refractivity contribution in [1.29, 1.82) is 0 Å². The normalized spacial score (nSPS) is 12.6. The zero-order chi connectivity index (χ0) is 36.4. The molecule has 13 heteroatoms. The number of alkyl halides is 3. The van der Waals surface area contributed by atoms with E-state index < -0.39 is 17.8 Å². The van der Waals surface area contributed by atoms with Gasteiger partial charge in [0, 0.05) is 48.7 Å². The molecule has 0 bridgehead atoms. The molecule has 49 heavy (non-hydrogen) atoms. The summed E-state index contributed by atoms with van der Waals surface area (Å²) in [5.74, 6) is 1.39. The smallest absolute Gasteiger partial charge is 0.416 e. The summed E-state index contributed by atoms with van der Waals surface area (Å²) in [5.41, 5.74) is 0.123. The Kier molecular flexibility index (Phi) is 17.1. The second-order valence-electron chi connectivity index (χ2n) is 9.80. The quantitative estimate of drug-likeness (QED) is 0.160. The van der Waals surface area contributed by atoms with Crippen LogP contribution in [0.5, 0.6) is 17.4 Å². The van der Waals surface area contributed by atoms with Crippen LogP contribution in [0.25, 0.3) is 10.8 Å². The van der Waals surface area contributed by atoms with Crippen LogP contribution in [0.4, 0.5) is 35.3 Å². The van der Waals surface area contributed by atoms with Gasteiger partial charge in [-0.2, -0.15) is 18.2 Å². The van der Waals surface area contributed by atoms with Crippen molar-refractivity contribution < 1.29 is 32.2 Å². The van der Waals surface area contributed by atoms with Gasteiger partial charge in [-0.15, -0.1) is 0 Å². The lowest BCUT2D eigenvalue weighted by Gasteiger charge is -2.26. The first kappa shape index (κ1) is 40.6. The van der Waals surface area contributed by atoms with E-state index in [2.05, 4.69) is 30.8 Å². The van der Waals surface area contributed by atoms with Crippen LogP contribution in [0.3, 0.4) is 0 Å². The molecule has 0 radical (unpaired) electrons. The predicted octanol–water partition coefficient (Wildman–Crippen LogP) is 9.22. The Morgan fingerprint density at radius 1 is 0.857 bits per heavy atom. The van der Waals surface area contributed by atoms with E-state index in [1.54, 1.807) is 30.3 Å². The third-order valence-electron chi connectivity index (χ3n) is 6.77. The first-order valence-corrected chi connectivity index (χ1v) is 16.6. The fourth-order valence-corrected chi connectivity index (χ4v) is 4.66. The maximum atomic E-state index is 13.2. The molecule has 2 heterocycles. The Morgan fingerprint density at radius 2 is 1.49 bits per heavy atom. The van der Waals surface area contributed by atoms with E-state index in [-0.39, 0.29) is 11.4 Å². The molecule has 2 amide bonds. The number of fused-ring (bicyclic) bond motifs is 1. The molecule has 1 fully saturated rings. The van der Waals surface area contributed by atoms with Gasteiger partial charge < -0.3 is 30.2 Å². The lowest BCUT2D eigenvalue weighted by molar-refractivity contribution is -0.137. The number of benzene rings is 3. The van der Waals surface area contributed by atoms with Gasteiger partial charge in [-0.1, -0.05) is 65.8 Å². The number of anilines is 3. The largest absolute Gasteiger partial charge is 0.495 e. The van der Waals surface area contributed by atoms with E-state index in [0.29, 0.717) is 40.6 Å². The van der Waals surface area contributed by atoms with Crippen LogP contribution < -0.4 is 25.4 Å². The minimum Gasteiger partial charge on any atom is -0.495 e. The Balaban J connectivity index is 0.00000132. The molecule has 3 aromatic carbocycles. The molecule has 1 aromatic heterocycles. The van der Waals surface area contributed by atoms with E-state index >= 15 is 0 Å². The highest BCUT2D eigenvalue weighted by Crippen LogP contribution is 2.36. The van der Waals surface area contributed by atoms with Crippen LogP contribution in [0.1, 0.15) is 52.8 Å². The van der Waals surface area contributed by atoms with Crippen LogP contribution in [0, 0.1) is 6.92 Å². The SMILES string of the molecule is CC.CC.CC.COc1ccc(C(F)(F)F)cc1NC(=O)Nc1ccc(Oc2cc(C)nc(NCCN3CCOCC3)n2)c2ccccc12. The van der Waals surface area contributed by atoms with Gasteiger partial charge in [0.15, 0.2) is 0 Å². The number of rotatable bonds is 9. The third-order valence-corrected chi connectivity index (χ3v) is 6.77. The summed E-state index contributed by atoms with van der Waals surface area (Å²) in [6.07, 6.45) is -4.58. The number of carbonyl (C=O) groups is 1. The maximum Gasteiger partial charge on any atom is 0.416 e. The summed E-state index contributed by atoms with van der Waals surface area (Å²) >= 11 is 0. The van der Waals surface area contributed by atoms with Gasteiger partial charge in [-0.25, -0.2) is 9.78 Å². The first-order valence-electron chi connectivity index (χ1n) is 16.6. The topological polar surface area (TPSA) is 110 Å². The number of carbonyl (C=O) groups excluding carboxylic acids is 1. The Morgan fingerprint density at radius 3 is 2.14 bits per heavy atom. The number of morpholine rings is 1. The van der Waals surface area contributed by atoms with Gasteiger partial charge >= 0.3 is 12.2 Å². The van der Waals surface area contributed by atoms with Crippen LogP contribution in [-0.4, -0.2) is 67.4 Å². The molecular formula is C36H49F3N6O4. The van der Waals surface area contributed by atoms with Crippen LogP contribution in [-0.2, 0) is 10.9 Å². The number of amides is 2. The summed E-state index contributed by atoms with van der Waals surface area (Å²) in [6, 6.07) is 14.4. The van der Waals surface area contributed by atoms with E-state index in [4.69, 9.17) is 14.2 Å². The number of nitrogens with one attached hydrogen (secondary N) is 3. The maximum absolute atomic E-state index is 13.2. The van der Waals surface area contributed by atoms with Crippen molar-refractivity contribution in [3.63, 3.8) is 0 Å². The molecule has 268 valence electrons. The van der Waals surface area contributed by atoms with Crippen molar-refractivity contribution in [2.45, 2.75) is 54.6 Å². The van der Waals surface area contributed by atoms with Gasteiger partial charge in [0.2, 0.25) is 11.8 Å². The number of aromatic nitrogens is 2. The minimum atomic E-state index is -4.58. The lowest BCUT2D eigenvalue weighted by Crippen LogP contribution is -2.39. The Labute approximate surface area is 287 Å². The molecule has 0 saturated carbocycles. The second kappa shape index (κ2) is 20.7. The zero-order valence-electron chi connectivity index (χ0n) is 29.6. The van der Waals surface area contributed by atoms with Crippen molar-refractivity contribution >= 4 is 34.1 Å². The first-order chi connectivity index (χ1) is 23.7. The van der Waals surface area contributed by atoms with Crippen LogP contribution >= 0.6 is 0 Å². The fourth-order valence-electron chi connectivity index (χ4n) is 4.66. The molecule has 10 nitrogen and oxygen atoms in total. The van der Waals surface area contributed by atoms with Gasteiger partial charge in [0.25, 0.3) is 0 Å². The highest BCUT2D eigenvalue weighted by atomic mass is 19.4. The molecule has 0 unspecified atom stereocenters. The van der Waals surface area contributed by atoms with E-state index in [9.17, 15) is 18.0 Å². The third kappa shape index (κ3) is 12.1. The number of methoxy groups -OCH3 is 1. The van der Waals surface area contributed by atoms with E-state index in [1.807, 2.05) is 60.6 Å². The highest BCUT2D eigenvalue weighted by Gasteiger charge is 2.31. The number of urea groups is 1. The zero-order valence-corrected chi connectivity index (χ0v) is 29.6. The number of nitrogens with zero attached hydrogens (tertiary/aromatic N) is 3. The molecule has 5 rings (SSSR count). The summed E-state index contributed by atoms with van der Waals surface area (Å²) in [4.78, 5) is 24.2. The molecule has 0 spiro atoms. The van der Waals surface area contributed by atoms with Crippen molar-refractivity contribution in [1.82, 2.24) is 14.9 Å². The second-order valence-corrected chi connectivity index (χ2v) is 9.80. The van der Waals surface area contributed by atoms with Crippen LogP contribution in [0.15, 0.2) is 60.7 Å². The van der Waals surface area contributed by atoms with Gasteiger partial charge in [-0.3, -0.25) is 4.90 Å². The monoisotopic (exact) mass is 686 g/mol. The number of ether oxygens (including phenoxy) is 3. The van der Waals surface area contributed by atoms with Crippen LogP contribution in [0.2, 0.25) is 0 Å². The van der Waals surface area contributed by atoms with E-state index in [0.717, 1.165) is 56.7 Å². The highest BCUT2D eigenvalue weighted by molar-refractivity contribution is 6.08. The van der Waals surface area contributed by atoms with Crippen molar-refractivity contribution in [3.8, 4) is 17.4 Å². The van der Waals surface area contributed by atoms with E-state index in [1.165, 1.54) is 7.11 Å². The van der Waals surface area contributed by atoms with Gasteiger partial charge in [-0.05, 0) is 37.3 Å². The molecule has 3 N–H and O–H groups in total. The minimum absolute atomic E-state index is 0.0897. The number of hydrogen-bond acceptors (Lipinski definition) is 8. The molecule has 1 saturated heterocycles. The average molecular weight is 687 g/mol. The summed E-state index contributed by atoms with van der Waals surface area (Å²) in [5, 5.41) is 9.76. The van der Waals surface area contributed by atoms with Crippen molar-refractivity contribution in [2.75, 3.05) is 62.5 Å². The molecule has 0 aliphatic carbocycles. The Bertz CT molecular complexity index is 1600. The van der Waals surface area contributed by atoms with Gasteiger partial charge in [0.05, 0.1) is 37.3 Å². The Hall–Kier alpha value is -4.62. The lowest BCUT2D eigenvalue weighted by atomic mass is 10.1. The molecule has 1 aliphatic heterocycles. The standard InChI is InChI=1S/C30H31F3N6O4.3C2H6/c1-19-17-27(38-28(35-19)34-11-12-39-13-15-42-16-14-39)43-25-10-8-23(21-5-3-4-6-22(21)25)36-29(40)37-24-18-20(30(31,32)33)7-9-26(24)41-2;3*1-2/h3-10,17-18H,11-16H2,1-2H3,(H,34,35,38)(H2,36,37,40);3*1-2H3. The summed E-state index contributed by atoms with van der Waals surface area (Å²) in [6.45, 7) is 18.6. The number of aryl methyl sites for hydroxylation is 1. The number of hydrogen-bond donors (Lipinski definition) is 3. The van der Waals surface area contributed by atoms with Crippen molar-refractivity contribution in [2.24, 2.45) is 0 Å². The molecule has 1 aliphatic rings. The summed E-state index contributed by atoms with van der Waals surface area (Å²) < 4.78 is 56.4. The average Bonchev–Trinajstić information content (AvgIpc) is 3.12. The molecule has 0 atom stereocenters. The fraction of sp³-hybridized carbons (Fsp3) is 0.417. The summed E-state index contributed by atoms with van der Waals surface area (Å²) in [7, 11) is 1.31. The molecule has 4 aromatic rings. The predicted molar refractivity (Wildman–Crippen MR) is 191 cm³/mol. The number of halogens is 3. The van der Waals surface area contributed by atoms with Crippen molar-refractivity contribution in [3.05, 3.63) is 71.9 Å². The van der Waals surface area contributed by atoms with Gasteiger partial charge in [0.1, 0.15) is 11.5 Å². The molecular weight excluding hydrogens is 637 g/mol.